The highest BCUT2D eigenvalue weighted by Crippen LogP contribution is 2.29. The largest absolute Gasteiger partial charge is 0.497 e. The Kier molecular flexibility index (Phi) is 120. The minimum Gasteiger partial charge on any atom is -0.497 e. The molecule has 16 aromatic rings. The van der Waals surface area contributed by atoms with Crippen LogP contribution in [0.25, 0.3) is 86.2 Å². The number of carbonyl (C=O) groups excluding carboxylic acids is 1. The van der Waals surface area contributed by atoms with Gasteiger partial charge in [-0.15, -0.1) is 0 Å². The van der Waals surface area contributed by atoms with E-state index < -0.39 is 0 Å². The molecule has 0 aliphatic carbocycles. The number of aryl methyl sites for hydroxylation is 3. The molecular formula is C129H198O10. The zero-order valence-electron chi connectivity index (χ0n) is 95.5. The summed E-state index contributed by atoms with van der Waals surface area (Å²) in [7, 11) is 6.70. The summed E-state index contributed by atoms with van der Waals surface area (Å²) >= 11 is 0. The van der Waals surface area contributed by atoms with Crippen molar-refractivity contribution >= 4 is 93.0 Å². The minimum atomic E-state index is 0.0765. The van der Waals surface area contributed by atoms with Crippen LogP contribution in [0.2, 0.25) is 0 Å². The summed E-state index contributed by atoms with van der Waals surface area (Å²) in [4.78, 5) is 8.00. The first-order valence-electron chi connectivity index (χ1n) is 51.8. The fourth-order valence-corrected chi connectivity index (χ4v) is 11.8. The molecule has 0 amide bonds. The maximum Gasteiger partial charge on any atom is 0.122 e. The lowest BCUT2D eigenvalue weighted by molar-refractivity contribution is -0.0980. The lowest BCUT2D eigenvalue weighted by Gasteiger charge is -2.07. The molecule has 0 aliphatic rings. The van der Waals surface area contributed by atoms with Crippen molar-refractivity contribution in [3.63, 3.8) is 0 Å². The van der Waals surface area contributed by atoms with Gasteiger partial charge in [-0.2, -0.15) is 0 Å². The molecule has 0 aromatic heterocycles. The number of aliphatic hydroxyl groups is 5. The summed E-state index contributed by atoms with van der Waals surface area (Å²) < 4.78 is 20.6. The highest BCUT2D eigenvalue weighted by molar-refractivity contribution is 5.91. The van der Waals surface area contributed by atoms with E-state index in [-0.39, 0.29) is 33.0 Å². The van der Waals surface area contributed by atoms with E-state index in [4.69, 9.17) is 44.2 Å². The summed E-state index contributed by atoms with van der Waals surface area (Å²) in [5, 5.41) is 64.4. The Morgan fingerprint density at radius 2 is 0.439 bits per heavy atom. The number of rotatable bonds is 9. The van der Waals surface area contributed by atoms with Crippen LogP contribution >= 0.6 is 0 Å². The molecule has 0 atom stereocenters. The van der Waals surface area contributed by atoms with Crippen molar-refractivity contribution in [3.05, 3.63) is 360 Å². The van der Waals surface area contributed by atoms with Gasteiger partial charge >= 0.3 is 0 Å². The smallest absolute Gasteiger partial charge is 0.122 e. The summed E-state index contributed by atoms with van der Waals surface area (Å²) in [5.41, 5.74) is 8.60. The van der Waals surface area contributed by atoms with Crippen LogP contribution in [-0.2, 0) is 37.8 Å². The Labute approximate surface area is 851 Å². The third-order valence-electron chi connectivity index (χ3n) is 17.5. The molecule has 0 saturated carbocycles. The molecular weight excluding hydrogens is 1710 g/mol. The molecule has 5 N–H and O–H groups in total. The molecule has 0 unspecified atom stereocenters. The molecule has 0 bridgehead atoms. The molecule has 10 heteroatoms. The monoisotopic (exact) mass is 1910 g/mol. The maximum atomic E-state index is 9.22. The van der Waals surface area contributed by atoms with Crippen LogP contribution in [0.3, 0.4) is 0 Å². The second kappa shape index (κ2) is 112. The van der Waals surface area contributed by atoms with Gasteiger partial charge in [0.2, 0.25) is 0 Å². The molecule has 0 heterocycles. The number of benzene rings is 16. The average Bonchev–Trinajstić information content (AvgIpc) is 0.809. The Morgan fingerprint density at radius 3 is 0.791 bits per heavy atom. The van der Waals surface area contributed by atoms with Crippen molar-refractivity contribution in [3.8, 4) is 23.0 Å². The average molecular weight is 1910 g/mol. The first-order valence-corrected chi connectivity index (χ1v) is 51.8. The molecule has 0 radical (unpaired) electrons. The second-order valence-electron chi connectivity index (χ2n) is 23.9. The molecule has 16 rings (SSSR count). The SMILES string of the molecule is C=O.CC.CC.CC.CC.CC.CC.CC.CC.CC.CC.CC.CC.CC.CC.CC.CC.CC.CC.COc1ccc2cc(CO)ccc2c1.COc1ccc2ccc(CO)cc2c1.COc1ccc2ccccc2c1.COc1ccc2ccccc2c1C.Cc1ccc2ccccc2c1CO.Cc1cccc2ccccc12.OCc1cccc2ccccc12.OCc1cccc2ccccc12. The summed E-state index contributed by atoms with van der Waals surface area (Å²) in [6.45, 7) is 80.8. The molecule has 10 nitrogen and oxygen atoms in total. The Bertz CT molecular complexity index is 5140. The van der Waals surface area contributed by atoms with E-state index in [1.165, 1.54) is 59.6 Å². The van der Waals surface area contributed by atoms with E-state index in [0.717, 1.165) is 94.1 Å². The molecule has 0 aliphatic heterocycles. The number of carbonyl (C=O) groups is 1. The van der Waals surface area contributed by atoms with Crippen LogP contribution in [0.15, 0.2) is 315 Å². The molecule has 774 valence electrons. The van der Waals surface area contributed by atoms with Crippen molar-refractivity contribution in [2.24, 2.45) is 0 Å². The second-order valence-corrected chi connectivity index (χ2v) is 23.9. The van der Waals surface area contributed by atoms with Gasteiger partial charge in [0.15, 0.2) is 0 Å². The van der Waals surface area contributed by atoms with Gasteiger partial charge in [-0.1, -0.05) is 510 Å². The third-order valence-corrected chi connectivity index (χ3v) is 17.5. The van der Waals surface area contributed by atoms with Gasteiger partial charge in [-0.3, -0.25) is 0 Å². The number of aliphatic hydroxyl groups excluding tert-OH is 5. The van der Waals surface area contributed by atoms with E-state index >= 15 is 0 Å². The first-order chi connectivity index (χ1) is 68.4. The number of fused-ring (bicyclic) bond motifs is 8. The van der Waals surface area contributed by atoms with Crippen molar-refractivity contribution in [2.45, 2.75) is 303 Å². The standard InChI is InChI=1S/2C12H12O2.2C12H12O.3C11H10O.C11H10.18C2H6.CH2O/c1-14-12-5-4-10-6-9(8-13)2-3-11(10)7-12;1-14-12-5-4-10-3-2-9(8-13)6-11(10)7-12;1-9-11-6-4-3-5-10(11)7-8-12(9)13-2;1-9-6-7-10-4-2-3-5-11(10)12(9)8-13;1-12-11-7-6-9-4-2-3-5-10(9)8-11;2*12-8-10-6-3-5-9-4-1-2-7-11(9)10;1-9-5-4-7-10-6-2-3-8-11(9)10;19*1-2/h2*2-7,13H,8H2,1H3;3-8H,1-2H3;2-7,13H,8H2,1H3;2-8H,1H3;2*1-7,12H,8H2;2-8H,1H3;18*1-2H3;1H2. The first kappa shape index (κ1) is 150. The Balaban J connectivity index is -0.000000142. The molecule has 0 spiro atoms. The van der Waals surface area contributed by atoms with Gasteiger partial charge in [0.1, 0.15) is 29.8 Å². The van der Waals surface area contributed by atoms with Crippen LogP contribution in [-0.4, -0.2) is 60.8 Å². The predicted octanol–water partition coefficient (Wildman–Crippen LogP) is 39.4. The van der Waals surface area contributed by atoms with Crippen LogP contribution < -0.4 is 18.9 Å². The van der Waals surface area contributed by atoms with Gasteiger partial charge < -0.3 is 49.3 Å². The van der Waals surface area contributed by atoms with Gasteiger partial charge in [-0.05, 0) is 206 Å². The lowest BCUT2D eigenvalue weighted by atomic mass is 10.0. The fourth-order valence-electron chi connectivity index (χ4n) is 11.8. The highest BCUT2D eigenvalue weighted by atomic mass is 16.5. The van der Waals surface area contributed by atoms with E-state index in [9.17, 15) is 5.11 Å². The topological polar surface area (TPSA) is 155 Å². The number of hydrogen-bond acceptors (Lipinski definition) is 10. The van der Waals surface area contributed by atoms with Crippen LogP contribution in [0.4, 0.5) is 0 Å². The quantitative estimate of drug-likeness (QED) is 0.0943. The lowest BCUT2D eigenvalue weighted by Crippen LogP contribution is -1.89. The Hall–Kier alpha value is -11.7. The number of ether oxygens (including phenoxy) is 4. The highest BCUT2D eigenvalue weighted by Gasteiger charge is 2.06. The van der Waals surface area contributed by atoms with Crippen molar-refractivity contribution in [1.29, 1.82) is 0 Å². The van der Waals surface area contributed by atoms with E-state index in [1.807, 2.05) is 457 Å². The van der Waals surface area contributed by atoms with E-state index in [1.54, 1.807) is 28.4 Å². The molecule has 139 heavy (non-hydrogen) atoms. The van der Waals surface area contributed by atoms with Crippen LogP contribution in [0.5, 0.6) is 23.0 Å². The molecule has 16 aromatic carbocycles. The van der Waals surface area contributed by atoms with Gasteiger partial charge in [0, 0.05) is 0 Å². The normalized spacial score (nSPS) is 8.35. The van der Waals surface area contributed by atoms with Gasteiger partial charge in [0.05, 0.1) is 61.5 Å². The summed E-state index contributed by atoms with van der Waals surface area (Å²) in [6.07, 6.45) is 0. The maximum absolute atomic E-state index is 9.22. The van der Waals surface area contributed by atoms with Crippen molar-refractivity contribution in [1.82, 2.24) is 0 Å². The zero-order chi connectivity index (χ0) is 109. The summed E-state index contributed by atoms with van der Waals surface area (Å²) in [6, 6.07) is 105. The minimum absolute atomic E-state index is 0.0765. The van der Waals surface area contributed by atoms with Gasteiger partial charge in [-0.25, -0.2) is 0 Å². The van der Waals surface area contributed by atoms with Crippen LogP contribution in [0, 0.1) is 20.8 Å². The number of methoxy groups -OCH3 is 4. The van der Waals surface area contributed by atoms with Crippen LogP contribution in [0.1, 0.15) is 294 Å². The molecule has 0 saturated heterocycles. The van der Waals surface area contributed by atoms with E-state index in [0.29, 0.717) is 0 Å². The molecule has 0 fully saturated rings. The van der Waals surface area contributed by atoms with Crippen molar-refractivity contribution < 1.29 is 49.3 Å². The van der Waals surface area contributed by atoms with E-state index in [2.05, 4.69) is 135 Å². The summed E-state index contributed by atoms with van der Waals surface area (Å²) in [5.74, 6) is 3.56. The van der Waals surface area contributed by atoms with Crippen molar-refractivity contribution in [2.75, 3.05) is 28.4 Å². The fraction of sp³-hybridized carbons (Fsp3) is 0.372. The van der Waals surface area contributed by atoms with Gasteiger partial charge in [0.25, 0.3) is 0 Å². The number of hydrogen-bond donors (Lipinski definition) is 5. The zero-order valence-corrected chi connectivity index (χ0v) is 95.5. The Morgan fingerprint density at radius 1 is 0.194 bits per heavy atom. The third kappa shape index (κ3) is 59.3. The predicted molar refractivity (Wildman–Crippen MR) is 633 cm³/mol.